The number of aliphatic hydroxyl groups excluding tert-OH is 1. The molecule has 5 heteroatoms. The molecule has 0 bridgehead atoms. The molecular formula is C11H10FNO3. The van der Waals surface area contributed by atoms with Crippen molar-refractivity contribution in [1.82, 2.24) is 0 Å². The van der Waals surface area contributed by atoms with Gasteiger partial charge in [-0.05, 0) is 12.1 Å². The molecule has 2 N–H and O–H groups in total. The van der Waals surface area contributed by atoms with E-state index in [4.69, 9.17) is 9.84 Å². The van der Waals surface area contributed by atoms with Crippen LogP contribution in [0.25, 0.3) is 0 Å². The van der Waals surface area contributed by atoms with Crippen molar-refractivity contribution in [2.24, 2.45) is 0 Å². The Labute approximate surface area is 91.0 Å². The zero-order valence-electron chi connectivity index (χ0n) is 8.42. The minimum Gasteiger partial charge on any atom is -0.475 e. The number of rotatable bonds is 1. The zero-order chi connectivity index (χ0) is 11.3. The summed E-state index contributed by atoms with van der Waals surface area (Å²) in [6.45, 7) is -0.403. The Morgan fingerprint density at radius 3 is 2.88 bits per heavy atom. The molecule has 2 aliphatic rings. The van der Waals surface area contributed by atoms with Crippen LogP contribution in [0.4, 0.5) is 10.1 Å². The average Bonchev–Trinajstić information content (AvgIpc) is 3.03. The number of hydrogen-bond donors (Lipinski definition) is 2. The Morgan fingerprint density at radius 2 is 2.25 bits per heavy atom. The number of nitrogens with one attached hydrogen (secondary N) is 1. The van der Waals surface area contributed by atoms with Crippen LogP contribution in [0.5, 0.6) is 5.75 Å². The topological polar surface area (TPSA) is 58.6 Å². The monoisotopic (exact) mass is 223 g/mol. The molecule has 1 fully saturated rings. The highest BCUT2D eigenvalue weighted by atomic mass is 19.1. The fourth-order valence-electron chi connectivity index (χ4n) is 1.85. The molecule has 1 amide bonds. The molecule has 0 saturated heterocycles. The van der Waals surface area contributed by atoms with Crippen molar-refractivity contribution in [2.45, 2.75) is 25.0 Å². The fraction of sp³-hybridized carbons (Fsp3) is 0.364. The number of aliphatic hydroxyl groups is 1. The van der Waals surface area contributed by atoms with Gasteiger partial charge in [-0.2, -0.15) is 0 Å². The molecule has 1 aromatic rings. The van der Waals surface area contributed by atoms with E-state index >= 15 is 0 Å². The molecule has 1 aromatic carbocycles. The summed E-state index contributed by atoms with van der Waals surface area (Å²) in [6, 6.07) is 3.03. The lowest BCUT2D eigenvalue weighted by atomic mass is 10.1. The van der Waals surface area contributed by atoms with E-state index in [1.807, 2.05) is 0 Å². The van der Waals surface area contributed by atoms with Gasteiger partial charge in [0.1, 0.15) is 11.4 Å². The van der Waals surface area contributed by atoms with Gasteiger partial charge in [-0.25, -0.2) is 4.39 Å². The third-order valence-corrected chi connectivity index (χ3v) is 3.02. The van der Waals surface area contributed by atoms with Crippen molar-refractivity contribution in [3.63, 3.8) is 0 Å². The number of anilines is 1. The highest BCUT2D eigenvalue weighted by Crippen LogP contribution is 2.47. The van der Waals surface area contributed by atoms with Crippen LogP contribution < -0.4 is 10.1 Å². The zero-order valence-corrected chi connectivity index (χ0v) is 8.42. The summed E-state index contributed by atoms with van der Waals surface area (Å²) in [7, 11) is 0. The fourth-order valence-corrected chi connectivity index (χ4v) is 1.85. The van der Waals surface area contributed by atoms with Crippen LogP contribution in [-0.2, 0) is 11.4 Å². The molecule has 1 spiro atoms. The summed E-state index contributed by atoms with van der Waals surface area (Å²) in [4.78, 5) is 11.6. The number of benzene rings is 1. The highest BCUT2D eigenvalue weighted by Gasteiger charge is 2.55. The second-order valence-electron chi connectivity index (χ2n) is 4.12. The number of halogens is 1. The largest absolute Gasteiger partial charge is 0.475 e. The van der Waals surface area contributed by atoms with Crippen molar-refractivity contribution >= 4 is 11.6 Å². The van der Waals surface area contributed by atoms with Crippen molar-refractivity contribution in [3.05, 3.63) is 23.5 Å². The van der Waals surface area contributed by atoms with E-state index in [0.717, 1.165) is 0 Å². The Kier molecular flexibility index (Phi) is 1.77. The first-order valence-electron chi connectivity index (χ1n) is 5.09. The number of amides is 1. The average molecular weight is 223 g/mol. The molecule has 84 valence electrons. The van der Waals surface area contributed by atoms with E-state index in [-0.39, 0.29) is 17.2 Å². The molecule has 0 unspecified atom stereocenters. The Morgan fingerprint density at radius 1 is 1.50 bits per heavy atom. The van der Waals surface area contributed by atoms with Gasteiger partial charge in [0.05, 0.1) is 6.61 Å². The predicted octanol–water partition coefficient (Wildman–Crippen LogP) is 1.18. The summed E-state index contributed by atoms with van der Waals surface area (Å²) in [5, 5.41) is 11.4. The number of carbonyl (C=O) groups is 1. The van der Waals surface area contributed by atoms with E-state index < -0.39 is 18.0 Å². The Balaban J connectivity index is 2.08. The molecule has 1 aliphatic carbocycles. The van der Waals surface area contributed by atoms with Gasteiger partial charge in [-0.1, -0.05) is 0 Å². The second-order valence-corrected chi connectivity index (χ2v) is 4.12. The standard InChI is InChI=1S/C11H10FNO3/c12-8-6(5-14)1-2-7-9(8)13-10(15)11(16-7)3-4-11/h1-2,14H,3-5H2,(H,13,15). The van der Waals surface area contributed by atoms with Gasteiger partial charge in [-0.15, -0.1) is 0 Å². The minimum absolute atomic E-state index is 0.0362. The van der Waals surface area contributed by atoms with E-state index in [1.165, 1.54) is 6.07 Å². The maximum absolute atomic E-state index is 13.7. The molecule has 3 rings (SSSR count). The van der Waals surface area contributed by atoms with E-state index in [0.29, 0.717) is 18.6 Å². The first-order valence-corrected chi connectivity index (χ1v) is 5.09. The molecule has 1 saturated carbocycles. The third-order valence-electron chi connectivity index (χ3n) is 3.02. The first-order chi connectivity index (χ1) is 7.66. The lowest BCUT2D eigenvalue weighted by Crippen LogP contribution is -2.39. The van der Waals surface area contributed by atoms with Crippen molar-refractivity contribution in [1.29, 1.82) is 0 Å². The quantitative estimate of drug-likeness (QED) is 0.751. The van der Waals surface area contributed by atoms with Crippen molar-refractivity contribution in [2.75, 3.05) is 5.32 Å². The van der Waals surface area contributed by atoms with Gasteiger partial charge < -0.3 is 15.2 Å². The van der Waals surface area contributed by atoms with Crippen LogP contribution in [0.3, 0.4) is 0 Å². The summed E-state index contributed by atoms with van der Waals surface area (Å²) in [6.07, 6.45) is 1.34. The second kappa shape index (κ2) is 2.95. The summed E-state index contributed by atoms with van der Waals surface area (Å²) in [5.41, 5.74) is -0.580. The molecule has 1 heterocycles. The number of hydrogen-bond acceptors (Lipinski definition) is 3. The van der Waals surface area contributed by atoms with E-state index in [1.54, 1.807) is 6.07 Å². The van der Waals surface area contributed by atoms with Crippen LogP contribution in [0, 0.1) is 5.82 Å². The van der Waals surface area contributed by atoms with Crippen LogP contribution in [0.15, 0.2) is 12.1 Å². The van der Waals surface area contributed by atoms with Crippen LogP contribution in [-0.4, -0.2) is 16.6 Å². The maximum Gasteiger partial charge on any atom is 0.268 e. The van der Waals surface area contributed by atoms with Gasteiger partial charge in [0, 0.05) is 18.4 Å². The van der Waals surface area contributed by atoms with Crippen LogP contribution in [0.2, 0.25) is 0 Å². The SMILES string of the molecule is O=C1Nc2c(ccc(CO)c2F)OC12CC2. The maximum atomic E-state index is 13.7. The van der Waals surface area contributed by atoms with Crippen LogP contribution >= 0.6 is 0 Å². The summed E-state index contributed by atoms with van der Waals surface area (Å²) in [5.74, 6) is -0.579. The molecule has 0 radical (unpaired) electrons. The Hall–Kier alpha value is -1.62. The van der Waals surface area contributed by atoms with E-state index in [2.05, 4.69) is 5.32 Å². The van der Waals surface area contributed by atoms with Gasteiger partial charge in [0.25, 0.3) is 5.91 Å². The van der Waals surface area contributed by atoms with Crippen molar-refractivity contribution in [3.8, 4) is 5.75 Å². The van der Waals surface area contributed by atoms with E-state index in [9.17, 15) is 9.18 Å². The summed E-state index contributed by atoms with van der Waals surface area (Å²) < 4.78 is 19.2. The number of fused-ring (bicyclic) bond motifs is 1. The smallest absolute Gasteiger partial charge is 0.268 e. The predicted molar refractivity (Wildman–Crippen MR) is 53.5 cm³/mol. The van der Waals surface area contributed by atoms with Gasteiger partial charge in [0.2, 0.25) is 0 Å². The summed E-state index contributed by atoms with van der Waals surface area (Å²) >= 11 is 0. The lowest BCUT2D eigenvalue weighted by molar-refractivity contribution is -0.125. The van der Waals surface area contributed by atoms with Gasteiger partial charge in [0.15, 0.2) is 11.4 Å². The highest BCUT2D eigenvalue weighted by molar-refractivity contribution is 6.02. The molecule has 16 heavy (non-hydrogen) atoms. The Bertz CT molecular complexity index is 482. The number of ether oxygens (including phenoxy) is 1. The van der Waals surface area contributed by atoms with Gasteiger partial charge in [-0.3, -0.25) is 4.79 Å². The van der Waals surface area contributed by atoms with Crippen LogP contribution in [0.1, 0.15) is 18.4 Å². The van der Waals surface area contributed by atoms with Crippen molar-refractivity contribution < 1.29 is 19.0 Å². The lowest BCUT2D eigenvalue weighted by Gasteiger charge is -2.26. The number of carbonyl (C=O) groups excluding carboxylic acids is 1. The first kappa shape index (κ1) is 9.59. The normalized spacial score (nSPS) is 20.0. The molecular weight excluding hydrogens is 213 g/mol. The molecule has 1 aliphatic heterocycles. The molecule has 0 atom stereocenters. The van der Waals surface area contributed by atoms with Gasteiger partial charge >= 0.3 is 0 Å². The molecule has 0 aromatic heterocycles. The minimum atomic E-state index is -0.764. The molecule has 4 nitrogen and oxygen atoms in total. The third kappa shape index (κ3) is 1.15.